The van der Waals surface area contributed by atoms with Crippen LogP contribution in [0.3, 0.4) is 0 Å². The van der Waals surface area contributed by atoms with Gasteiger partial charge in [0.1, 0.15) is 0 Å². The molecule has 0 unspecified atom stereocenters. The van der Waals surface area contributed by atoms with Crippen LogP contribution in [0, 0.1) is 13.8 Å². The van der Waals surface area contributed by atoms with Crippen LogP contribution in [0.2, 0.25) is 0 Å². The fourth-order valence-corrected chi connectivity index (χ4v) is 0.987. The molecule has 1 rings (SSSR count). The van der Waals surface area contributed by atoms with Crippen LogP contribution in [0.4, 0.5) is 0 Å². The number of hydrogen-bond donors (Lipinski definition) is 1. The summed E-state index contributed by atoms with van der Waals surface area (Å²) < 4.78 is 1.66. The molecule has 0 aromatic carbocycles. The van der Waals surface area contributed by atoms with Crippen LogP contribution in [-0.4, -0.2) is 11.1 Å². The molecular weight excluding hydrogens is 154 g/mol. The number of carboxylic acids is 1. The molecule has 64 valence electrons. The van der Waals surface area contributed by atoms with E-state index in [1.807, 2.05) is 26.1 Å². The first-order chi connectivity index (χ1) is 5.59. The molecule has 3 heteroatoms. The van der Waals surface area contributed by atoms with Gasteiger partial charge in [-0.05, 0) is 19.4 Å². The van der Waals surface area contributed by atoms with Gasteiger partial charge in [0.25, 0.3) is 0 Å². The predicted molar refractivity (Wildman–Crippen MR) is 43.7 cm³/mol. The van der Waals surface area contributed by atoms with Gasteiger partial charge >= 0.3 is 5.97 Å². The van der Waals surface area contributed by atoms with Gasteiger partial charge in [-0.25, -0.2) is 4.79 Å². The van der Waals surface area contributed by atoms with Crippen molar-refractivity contribution in [3.63, 3.8) is 0 Å². The van der Waals surface area contributed by atoms with Crippen LogP contribution in [0.1, 0.15) is 11.1 Å². The summed E-state index contributed by atoms with van der Waals surface area (Å²) in [5, 5.41) is 8.51. The Morgan fingerprint density at radius 2 is 2.17 bits per heavy atom. The lowest BCUT2D eigenvalue weighted by Crippen LogP contribution is -2.37. The molecule has 12 heavy (non-hydrogen) atoms. The molecule has 0 fully saturated rings. The van der Waals surface area contributed by atoms with E-state index in [-0.39, 0.29) is 6.54 Å². The molecule has 0 aliphatic carbocycles. The number of pyridine rings is 1. The summed E-state index contributed by atoms with van der Waals surface area (Å²) in [6.45, 7) is 4.00. The van der Waals surface area contributed by atoms with Crippen molar-refractivity contribution >= 4 is 5.97 Å². The monoisotopic (exact) mass is 166 g/mol. The van der Waals surface area contributed by atoms with E-state index in [2.05, 4.69) is 0 Å². The second-order valence-electron chi connectivity index (χ2n) is 2.88. The number of hydrogen-bond acceptors (Lipinski definition) is 1. The molecule has 1 N–H and O–H groups in total. The van der Waals surface area contributed by atoms with Crippen molar-refractivity contribution in [1.82, 2.24) is 0 Å². The van der Waals surface area contributed by atoms with Crippen LogP contribution in [0.15, 0.2) is 18.5 Å². The number of aromatic nitrogens is 1. The fourth-order valence-electron chi connectivity index (χ4n) is 0.987. The summed E-state index contributed by atoms with van der Waals surface area (Å²) in [6, 6.07) is 1.91. The Morgan fingerprint density at radius 1 is 1.50 bits per heavy atom. The maximum atomic E-state index is 10.3. The van der Waals surface area contributed by atoms with Crippen LogP contribution in [0.25, 0.3) is 0 Å². The van der Waals surface area contributed by atoms with Gasteiger partial charge in [0, 0.05) is 11.6 Å². The average molecular weight is 166 g/mol. The second-order valence-corrected chi connectivity index (χ2v) is 2.88. The molecule has 1 heterocycles. The van der Waals surface area contributed by atoms with Crippen molar-refractivity contribution in [2.75, 3.05) is 0 Å². The van der Waals surface area contributed by atoms with Gasteiger partial charge in [-0.2, -0.15) is 4.57 Å². The average Bonchev–Trinajstić information content (AvgIpc) is 1.96. The summed E-state index contributed by atoms with van der Waals surface area (Å²) >= 11 is 0. The Morgan fingerprint density at radius 3 is 2.67 bits per heavy atom. The standard InChI is InChI=1S/C9H11NO2/c1-7-3-4-10(5-8(7)2)6-9(11)12/h3-5H,6H2,1-2H3/p+1. The van der Waals surface area contributed by atoms with E-state index in [0.29, 0.717) is 0 Å². The highest BCUT2D eigenvalue weighted by Crippen LogP contribution is 1.99. The van der Waals surface area contributed by atoms with Crippen molar-refractivity contribution < 1.29 is 14.5 Å². The first-order valence-corrected chi connectivity index (χ1v) is 3.77. The van der Waals surface area contributed by atoms with Gasteiger partial charge in [-0.3, -0.25) is 0 Å². The summed E-state index contributed by atoms with van der Waals surface area (Å²) in [4.78, 5) is 10.3. The lowest BCUT2D eigenvalue weighted by Gasteiger charge is -1.96. The number of carbonyl (C=O) groups is 1. The quantitative estimate of drug-likeness (QED) is 0.656. The Kier molecular flexibility index (Phi) is 2.43. The summed E-state index contributed by atoms with van der Waals surface area (Å²) in [6.07, 6.45) is 3.61. The molecule has 0 saturated heterocycles. The number of rotatable bonds is 2. The Hall–Kier alpha value is -1.38. The Bertz CT molecular complexity index is 307. The van der Waals surface area contributed by atoms with E-state index in [0.717, 1.165) is 5.56 Å². The second kappa shape index (κ2) is 3.34. The molecule has 0 aliphatic rings. The number of nitrogens with zero attached hydrogens (tertiary/aromatic N) is 1. The highest BCUT2D eigenvalue weighted by Gasteiger charge is 2.07. The van der Waals surface area contributed by atoms with Crippen molar-refractivity contribution in [3.05, 3.63) is 29.6 Å². The zero-order valence-electron chi connectivity index (χ0n) is 7.24. The summed E-state index contributed by atoms with van der Waals surface area (Å²) in [7, 11) is 0. The Balaban J connectivity index is 2.89. The zero-order chi connectivity index (χ0) is 9.14. The topological polar surface area (TPSA) is 41.2 Å². The number of aryl methyl sites for hydroxylation is 2. The zero-order valence-corrected chi connectivity index (χ0v) is 7.24. The van der Waals surface area contributed by atoms with E-state index in [1.165, 1.54) is 5.56 Å². The highest BCUT2D eigenvalue weighted by molar-refractivity contribution is 5.64. The minimum absolute atomic E-state index is 0.0289. The largest absolute Gasteiger partial charge is 0.477 e. The maximum Gasteiger partial charge on any atom is 0.370 e. The molecule has 0 radical (unpaired) electrons. The molecule has 0 amide bonds. The van der Waals surface area contributed by atoms with Gasteiger partial charge in [0.05, 0.1) is 0 Å². The van der Waals surface area contributed by atoms with Gasteiger partial charge < -0.3 is 5.11 Å². The first kappa shape index (κ1) is 8.71. The van der Waals surface area contributed by atoms with Crippen molar-refractivity contribution in [1.29, 1.82) is 0 Å². The van der Waals surface area contributed by atoms with Crippen molar-refractivity contribution in [2.45, 2.75) is 20.4 Å². The van der Waals surface area contributed by atoms with Crippen LogP contribution in [0.5, 0.6) is 0 Å². The number of carboxylic acid groups (broad SMARTS) is 1. The van der Waals surface area contributed by atoms with E-state index >= 15 is 0 Å². The third-order valence-electron chi connectivity index (χ3n) is 1.82. The van der Waals surface area contributed by atoms with Gasteiger partial charge in [0.15, 0.2) is 12.4 Å². The minimum atomic E-state index is -0.816. The van der Waals surface area contributed by atoms with Crippen molar-refractivity contribution in [3.8, 4) is 0 Å². The Labute approximate surface area is 71.3 Å². The van der Waals surface area contributed by atoms with Gasteiger partial charge in [-0.15, -0.1) is 0 Å². The van der Waals surface area contributed by atoms with Crippen LogP contribution in [-0.2, 0) is 11.3 Å². The SMILES string of the molecule is Cc1cc[n+](CC(=O)O)cc1C. The van der Waals surface area contributed by atoms with Crippen LogP contribution >= 0.6 is 0 Å². The van der Waals surface area contributed by atoms with Crippen LogP contribution < -0.4 is 4.57 Å². The molecule has 0 atom stereocenters. The lowest BCUT2D eigenvalue weighted by molar-refractivity contribution is -0.686. The van der Waals surface area contributed by atoms with Gasteiger partial charge in [0.2, 0.25) is 6.54 Å². The molecular formula is C9H12NO2+. The third kappa shape index (κ3) is 2.05. The van der Waals surface area contributed by atoms with E-state index in [1.54, 1.807) is 10.8 Å². The highest BCUT2D eigenvalue weighted by atomic mass is 16.4. The first-order valence-electron chi connectivity index (χ1n) is 3.77. The molecule has 0 spiro atoms. The van der Waals surface area contributed by atoms with E-state index < -0.39 is 5.97 Å². The fraction of sp³-hybridized carbons (Fsp3) is 0.333. The smallest absolute Gasteiger partial charge is 0.370 e. The van der Waals surface area contributed by atoms with E-state index in [9.17, 15) is 4.79 Å². The third-order valence-corrected chi connectivity index (χ3v) is 1.82. The molecule has 0 aliphatic heterocycles. The minimum Gasteiger partial charge on any atom is -0.477 e. The summed E-state index contributed by atoms with van der Waals surface area (Å²) in [5.74, 6) is -0.816. The van der Waals surface area contributed by atoms with Gasteiger partial charge in [-0.1, -0.05) is 0 Å². The maximum absolute atomic E-state index is 10.3. The summed E-state index contributed by atoms with van der Waals surface area (Å²) in [5.41, 5.74) is 2.29. The molecule has 0 bridgehead atoms. The molecule has 1 aromatic rings. The normalized spacial score (nSPS) is 9.83. The number of aliphatic carboxylic acids is 1. The van der Waals surface area contributed by atoms with Crippen molar-refractivity contribution in [2.24, 2.45) is 0 Å². The molecule has 3 nitrogen and oxygen atoms in total. The molecule has 0 saturated carbocycles. The predicted octanol–water partition coefficient (Wildman–Crippen LogP) is 0.676. The molecule has 1 aromatic heterocycles. The van der Waals surface area contributed by atoms with E-state index in [4.69, 9.17) is 5.11 Å². The lowest BCUT2D eigenvalue weighted by atomic mass is 10.2.